The van der Waals surface area contributed by atoms with Gasteiger partial charge in [0.2, 0.25) is 0 Å². The van der Waals surface area contributed by atoms with Gasteiger partial charge >= 0.3 is 6.18 Å². The van der Waals surface area contributed by atoms with E-state index in [-0.39, 0.29) is 0 Å². The van der Waals surface area contributed by atoms with Gasteiger partial charge in [0.25, 0.3) is 0 Å². The van der Waals surface area contributed by atoms with Gasteiger partial charge in [0.1, 0.15) is 5.75 Å². The Morgan fingerprint density at radius 1 is 1.00 bits per heavy atom. The summed E-state index contributed by atoms with van der Waals surface area (Å²) < 4.78 is 43.1. The van der Waals surface area contributed by atoms with E-state index in [1.54, 1.807) is 24.3 Å². The largest absolute Gasteiger partial charge is 0.494 e. The van der Waals surface area contributed by atoms with Crippen molar-refractivity contribution in [1.29, 1.82) is 0 Å². The van der Waals surface area contributed by atoms with Gasteiger partial charge in [-0.3, -0.25) is 4.98 Å². The smallest absolute Gasteiger partial charge is 0.417 e. The molecule has 2 rings (SSSR count). The van der Waals surface area contributed by atoms with Crippen molar-refractivity contribution in [3.05, 3.63) is 48.2 Å². The van der Waals surface area contributed by atoms with E-state index in [2.05, 4.69) is 11.9 Å². The van der Waals surface area contributed by atoms with Crippen LogP contribution in [0.15, 0.2) is 42.6 Å². The number of benzene rings is 1. The molecular formula is C17H18F3NO. The number of hydrogen-bond donors (Lipinski definition) is 0. The van der Waals surface area contributed by atoms with E-state index in [1.165, 1.54) is 6.07 Å². The average molecular weight is 309 g/mol. The third kappa shape index (κ3) is 4.48. The van der Waals surface area contributed by atoms with Crippen LogP contribution in [0.4, 0.5) is 13.2 Å². The number of nitrogens with zero attached hydrogens (tertiary/aromatic N) is 1. The van der Waals surface area contributed by atoms with E-state index in [0.717, 1.165) is 42.8 Å². The Morgan fingerprint density at radius 2 is 1.73 bits per heavy atom. The van der Waals surface area contributed by atoms with Crippen LogP contribution in [-0.4, -0.2) is 11.6 Å². The van der Waals surface area contributed by atoms with Crippen molar-refractivity contribution in [3.63, 3.8) is 0 Å². The maximum atomic E-state index is 12.5. The van der Waals surface area contributed by atoms with Crippen molar-refractivity contribution in [2.24, 2.45) is 0 Å². The Kier molecular flexibility index (Phi) is 5.41. The van der Waals surface area contributed by atoms with Crippen molar-refractivity contribution in [2.45, 2.75) is 32.4 Å². The van der Waals surface area contributed by atoms with Crippen LogP contribution in [0.1, 0.15) is 31.7 Å². The molecule has 5 heteroatoms. The Balaban J connectivity index is 2.01. The minimum absolute atomic E-state index is 0.505. The van der Waals surface area contributed by atoms with Gasteiger partial charge in [-0.1, -0.05) is 19.8 Å². The number of alkyl halides is 3. The molecule has 0 amide bonds. The Morgan fingerprint density at radius 3 is 2.27 bits per heavy atom. The molecule has 22 heavy (non-hydrogen) atoms. The fourth-order valence-corrected chi connectivity index (χ4v) is 2.00. The highest BCUT2D eigenvalue weighted by molar-refractivity contribution is 5.60. The van der Waals surface area contributed by atoms with Crippen molar-refractivity contribution in [2.75, 3.05) is 6.61 Å². The standard InChI is InChI=1S/C17H18F3NO/c1-2-3-4-11-22-15-8-5-13(6-9-15)16-10-7-14(12-21-16)17(18,19)20/h5-10,12H,2-4,11H2,1H3. The molecule has 0 atom stereocenters. The predicted molar refractivity (Wildman–Crippen MR) is 79.7 cm³/mol. The SMILES string of the molecule is CCCCCOc1ccc(-c2ccc(C(F)(F)F)cn2)cc1. The molecule has 1 aromatic heterocycles. The molecule has 0 radical (unpaired) electrons. The van der Waals surface area contributed by atoms with Gasteiger partial charge in [-0.25, -0.2) is 0 Å². The lowest BCUT2D eigenvalue weighted by atomic mass is 10.1. The van der Waals surface area contributed by atoms with Gasteiger partial charge in [-0.15, -0.1) is 0 Å². The van der Waals surface area contributed by atoms with Gasteiger partial charge in [-0.2, -0.15) is 13.2 Å². The molecular weight excluding hydrogens is 291 g/mol. The summed E-state index contributed by atoms with van der Waals surface area (Å²) in [6, 6.07) is 9.62. The quantitative estimate of drug-likeness (QED) is 0.672. The van der Waals surface area contributed by atoms with E-state index in [0.29, 0.717) is 12.3 Å². The van der Waals surface area contributed by atoms with Crippen LogP contribution >= 0.6 is 0 Å². The van der Waals surface area contributed by atoms with Crippen molar-refractivity contribution < 1.29 is 17.9 Å². The first kappa shape index (κ1) is 16.3. The Labute approximate surface area is 128 Å². The van der Waals surface area contributed by atoms with Crippen molar-refractivity contribution in [1.82, 2.24) is 4.98 Å². The molecule has 1 heterocycles. The maximum Gasteiger partial charge on any atom is 0.417 e. The highest BCUT2D eigenvalue weighted by Crippen LogP contribution is 2.30. The third-order valence-electron chi connectivity index (χ3n) is 3.26. The van der Waals surface area contributed by atoms with Gasteiger partial charge in [0.05, 0.1) is 17.9 Å². The van der Waals surface area contributed by atoms with Crippen LogP contribution in [0.2, 0.25) is 0 Å². The van der Waals surface area contributed by atoms with E-state index >= 15 is 0 Å². The second kappa shape index (κ2) is 7.29. The topological polar surface area (TPSA) is 22.1 Å². The second-order valence-corrected chi connectivity index (χ2v) is 5.01. The summed E-state index contributed by atoms with van der Waals surface area (Å²) in [5, 5.41) is 0. The molecule has 0 aliphatic rings. The molecule has 0 saturated heterocycles. The lowest BCUT2D eigenvalue weighted by molar-refractivity contribution is -0.137. The maximum absolute atomic E-state index is 12.5. The highest BCUT2D eigenvalue weighted by atomic mass is 19.4. The van der Waals surface area contributed by atoms with E-state index < -0.39 is 11.7 Å². The normalized spacial score (nSPS) is 11.5. The number of hydrogen-bond acceptors (Lipinski definition) is 2. The van der Waals surface area contributed by atoms with E-state index in [1.807, 2.05) is 0 Å². The molecule has 1 aromatic carbocycles. The monoisotopic (exact) mass is 309 g/mol. The highest BCUT2D eigenvalue weighted by Gasteiger charge is 2.30. The molecule has 0 saturated carbocycles. The van der Waals surface area contributed by atoms with Crippen LogP contribution in [0, 0.1) is 0 Å². The van der Waals surface area contributed by atoms with E-state index in [4.69, 9.17) is 4.74 Å². The fraction of sp³-hybridized carbons (Fsp3) is 0.353. The molecule has 2 nitrogen and oxygen atoms in total. The summed E-state index contributed by atoms with van der Waals surface area (Å²) in [5.74, 6) is 0.756. The van der Waals surface area contributed by atoms with Crippen LogP contribution in [0.5, 0.6) is 5.75 Å². The summed E-state index contributed by atoms with van der Waals surface area (Å²) >= 11 is 0. The fourth-order valence-electron chi connectivity index (χ4n) is 2.00. The summed E-state index contributed by atoms with van der Waals surface area (Å²) in [7, 11) is 0. The van der Waals surface area contributed by atoms with Crippen molar-refractivity contribution in [3.8, 4) is 17.0 Å². The van der Waals surface area contributed by atoms with Crippen LogP contribution in [-0.2, 0) is 6.18 Å². The zero-order chi connectivity index (χ0) is 16.0. The molecule has 0 N–H and O–H groups in total. The van der Waals surface area contributed by atoms with Gasteiger partial charge in [-0.05, 0) is 42.8 Å². The first-order chi connectivity index (χ1) is 10.5. The third-order valence-corrected chi connectivity index (χ3v) is 3.26. The van der Waals surface area contributed by atoms with Crippen LogP contribution in [0.25, 0.3) is 11.3 Å². The molecule has 118 valence electrons. The van der Waals surface area contributed by atoms with Gasteiger partial charge in [0.15, 0.2) is 0 Å². The van der Waals surface area contributed by atoms with Gasteiger partial charge in [0, 0.05) is 11.8 Å². The molecule has 0 bridgehead atoms. The first-order valence-electron chi connectivity index (χ1n) is 7.27. The first-order valence-corrected chi connectivity index (χ1v) is 7.27. The van der Waals surface area contributed by atoms with Crippen molar-refractivity contribution >= 4 is 0 Å². The molecule has 0 spiro atoms. The second-order valence-electron chi connectivity index (χ2n) is 5.01. The molecule has 0 aliphatic carbocycles. The minimum Gasteiger partial charge on any atom is -0.494 e. The van der Waals surface area contributed by atoms with Gasteiger partial charge < -0.3 is 4.74 Å². The summed E-state index contributed by atoms with van der Waals surface area (Å²) in [6.45, 7) is 2.80. The zero-order valence-electron chi connectivity index (χ0n) is 12.4. The molecule has 0 unspecified atom stereocenters. The number of rotatable bonds is 6. The molecule has 0 fully saturated rings. The number of unbranched alkanes of at least 4 members (excludes halogenated alkanes) is 2. The summed E-state index contributed by atoms with van der Waals surface area (Å²) in [4.78, 5) is 3.87. The zero-order valence-corrected chi connectivity index (χ0v) is 12.4. The van der Waals surface area contributed by atoms with E-state index in [9.17, 15) is 13.2 Å². The Bertz CT molecular complexity index is 576. The summed E-state index contributed by atoms with van der Waals surface area (Å²) in [5.41, 5.74) is 0.521. The summed E-state index contributed by atoms with van der Waals surface area (Å²) in [6.07, 6.45) is -0.222. The number of halogens is 3. The average Bonchev–Trinajstić information content (AvgIpc) is 2.51. The Hall–Kier alpha value is -2.04. The molecule has 2 aromatic rings. The number of aromatic nitrogens is 1. The number of pyridine rings is 1. The minimum atomic E-state index is -4.36. The van der Waals surface area contributed by atoms with Crippen LogP contribution in [0.3, 0.4) is 0 Å². The molecule has 0 aliphatic heterocycles. The predicted octanol–water partition coefficient (Wildman–Crippen LogP) is 5.34. The van der Waals surface area contributed by atoms with Crippen LogP contribution < -0.4 is 4.74 Å². The lowest BCUT2D eigenvalue weighted by Crippen LogP contribution is -2.05. The number of ether oxygens (including phenoxy) is 1. The lowest BCUT2D eigenvalue weighted by Gasteiger charge is -2.08.